The second-order valence-electron chi connectivity index (χ2n) is 3.94. The summed E-state index contributed by atoms with van der Waals surface area (Å²) in [6, 6.07) is 3.88. The van der Waals surface area contributed by atoms with Crippen LogP contribution in [0.2, 0.25) is 0 Å². The van der Waals surface area contributed by atoms with Crippen LogP contribution in [-0.4, -0.2) is 17.0 Å². The Labute approximate surface area is 110 Å². The van der Waals surface area contributed by atoms with Crippen molar-refractivity contribution in [3.63, 3.8) is 0 Å². The summed E-state index contributed by atoms with van der Waals surface area (Å²) in [5.74, 6) is 2.30. The van der Waals surface area contributed by atoms with E-state index in [0.717, 1.165) is 15.4 Å². The van der Waals surface area contributed by atoms with Gasteiger partial charge in [-0.2, -0.15) is 0 Å². The number of amides is 1. The van der Waals surface area contributed by atoms with Crippen molar-refractivity contribution in [2.45, 2.75) is 13.8 Å². The Bertz CT molecular complexity index is 603. The van der Waals surface area contributed by atoms with Crippen molar-refractivity contribution in [3.8, 4) is 17.3 Å². The van der Waals surface area contributed by atoms with Crippen LogP contribution in [0.4, 0.5) is 0 Å². The molecule has 0 atom stereocenters. The van der Waals surface area contributed by atoms with Crippen molar-refractivity contribution >= 4 is 17.2 Å². The molecule has 18 heavy (non-hydrogen) atoms. The van der Waals surface area contributed by atoms with Crippen LogP contribution < -0.4 is 5.32 Å². The molecule has 2 aromatic rings. The Hall–Kier alpha value is -1.99. The van der Waals surface area contributed by atoms with Crippen molar-refractivity contribution in [3.05, 3.63) is 40.5 Å². The van der Waals surface area contributed by atoms with E-state index in [9.17, 15) is 4.79 Å². The van der Waals surface area contributed by atoms with Gasteiger partial charge in [0, 0.05) is 17.3 Å². The van der Waals surface area contributed by atoms with Gasteiger partial charge < -0.3 is 9.88 Å². The monoisotopic (exact) mass is 258 g/mol. The van der Waals surface area contributed by atoms with Crippen LogP contribution in [0, 0.1) is 26.2 Å². The second-order valence-corrected chi connectivity index (χ2v) is 5.14. The van der Waals surface area contributed by atoms with Crippen LogP contribution >= 0.6 is 11.3 Å². The smallest absolute Gasteiger partial charge is 0.255 e. The molecule has 0 saturated heterocycles. The lowest BCUT2D eigenvalue weighted by atomic mass is 10.1. The molecule has 0 aliphatic heterocycles. The standard InChI is InChI=1S/C14H14N2OS/c1-4-7-15-13(17)12-10(2)11(3)18-14(12)16-8-5-6-9-16/h1,5-6,8-9H,7H2,2-3H3,(H,15,17). The molecule has 1 N–H and O–H groups in total. The van der Waals surface area contributed by atoms with Gasteiger partial charge in [-0.15, -0.1) is 17.8 Å². The van der Waals surface area contributed by atoms with Crippen molar-refractivity contribution < 1.29 is 4.79 Å². The minimum absolute atomic E-state index is 0.113. The molecular formula is C14H14N2OS. The number of terminal acetylenes is 1. The summed E-state index contributed by atoms with van der Waals surface area (Å²) >= 11 is 1.61. The van der Waals surface area contributed by atoms with Crippen molar-refractivity contribution in [2.75, 3.05) is 6.54 Å². The van der Waals surface area contributed by atoms with E-state index in [1.165, 1.54) is 0 Å². The topological polar surface area (TPSA) is 34.0 Å². The quantitative estimate of drug-likeness (QED) is 0.843. The number of nitrogens with one attached hydrogen (secondary N) is 1. The first-order valence-electron chi connectivity index (χ1n) is 5.60. The summed E-state index contributed by atoms with van der Waals surface area (Å²) in [5.41, 5.74) is 1.72. The fourth-order valence-electron chi connectivity index (χ4n) is 1.75. The number of rotatable bonds is 3. The fourth-order valence-corrected chi connectivity index (χ4v) is 2.87. The second kappa shape index (κ2) is 5.11. The van der Waals surface area contributed by atoms with Crippen LogP contribution in [0.3, 0.4) is 0 Å². The fraction of sp³-hybridized carbons (Fsp3) is 0.214. The normalized spacial score (nSPS) is 10.1. The molecule has 4 heteroatoms. The van der Waals surface area contributed by atoms with E-state index in [2.05, 4.69) is 11.2 Å². The zero-order chi connectivity index (χ0) is 13.1. The molecule has 0 bridgehead atoms. The summed E-state index contributed by atoms with van der Waals surface area (Å²) in [7, 11) is 0. The highest BCUT2D eigenvalue weighted by molar-refractivity contribution is 7.15. The Morgan fingerprint density at radius 2 is 2.11 bits per heavy atom. The van der Waals surface area contributed by atoms with Crippen LogP contribution in [-0.2, 0) is 0 Å². The minimum atomic E-state index is -0.113. The molecule has 2 heterocycles. The molecule has 2 aromatic heterocycles. The van der Waals surface area contributed by atoms with Gasteiger partial charge in [-0.05, 0) is 31.5 Å². The first-order valence-corrected chi connectivity index (χ1v) is 6.41. The van der Waals surface area contributed by atoms with Crippen LogP contribution in [0.15, 0.2) is 24.5 Å². The van der Waals surface area contributed by atoms with Gasteiger partial charge in [0.1, 0.15) is 5.00 Å². The van der Waals surface area contributed by atoms with Gasteiger partial charge in [-0.1, -0.05) is 5.92 Å². The van der Waals surface area contributed by atoms with E-state index in [1.807, 2.05) is 42.9 Å². The first kappa shape index (κ1) is 12.5. The molecule has 0 aliphatic carbocycles. The number of aryl methyl sites for hydroxylation is 1. The van der Waals surface area contributed by atoms with Gasteiger partial charge in [-0.25, -0.2) is 0 Å². The number of thiophene rings is 1. The van der Waals surface area contributed by atoms with E-state index < -0.39 is 0 Å². The van der Waals surface area contributed by atoms with E-state index >= 15 is 0 Å². The molecule has 0 fully saturated rings. The maximum Gasteiger partial charge on any atom is 0.255 e. The molecule has 92 valence electrons. The Morgan fingerprint density at radius 3 is 2.72 bits per heavy atom. The summed E-state index contributed by atoms with van der Waals surface area (Å²) in [6.45, 7) is 4.23. The molecule has 2 rings (SSSR count). The lowest BCUT2D eigenvalue weighted by Crippen LogP contribution is -2.24. The van der Waals surface area contributed by atoms with Gasteiger partial charge in [0.15, 0.2) is 0 Å². The summed E-state index contributed by atoms with van der Waals surface area (Å²) in [5, 5.41) is 3.66. The molecule has 0 aromatic carbocycles. The molecule has 3 nitrogen and oxygen atoms in total. The summed E-state index contributed by atoms with van der Waals surface area (Å²) in [6.07, 6.45) is 9.03. The van der Waals surface area contributed by atoms with E-state index in [-0.39, 0.29) is 12.5 Å². The number of hydrogen-bond donors (Lipinski definition) is 1. The third-order valence-electron chi connectivity index (χ3n) is 2.78. The highest BCUT2D eigenvalue weighted by Gasteiger charge is 2.19. The molecular weight excluding hydrogens is 244 g/mol. The summed E-state index contributed by atoms with van der Waals surface area (Å²) in [4.78, 5) is 13.3. The number of nitrogens with zero attached hydrogens (tertiary/aromatic N) is 1. The molecule has 1 amide bonds. The van der Waals surface area contributed by atoms with Gasteiger partial charge in [-0.3, -0.25) is 4.79 Å². The average Bonchev–Trinajstić information content (AvgIpc) is 2.96. The Balaban J connectivity index is 2.46. The number of hydrogen-bond acceptors (Lipinski definition) is 2. The minimum Gasteiger partial charge on any atom is -0.341 e. The predicted molar refractivity (Wildman–Crippen MR) is 74.3 cm³/mol. The van der Waals surface area contributed by atoms with Crippen LogP contribution in [0.25, 0.3) is 5.00 Å². The van der Waals surface area contributed by atoms with Gasteiger partial charge in [0.2, 0.25) is 0 Å². The highest BCUT2D eigenvalue weighted by Crippen LogP contribution is 2.30. The molecule has 0 saturated carbocycles. The van der Waals surface area contributed by atoms with Crippen LogP contribution in [0.5, 0.6) is 0 Å². The maximum atomic E-state index is 12.1. The lowest BCUT2D eigenvalue weighted by molar-refractivity contribution is 0.0958. The molecule has 0 spiro atoms. The van der Waals surface area contributed by atoms with E-state index in [0.29, 0.717) is 5.56 Å². The highest BCUT2D eigenvalue weighted by atomic mass is 32.1. The largest absolute Gasteiger partial charge is 0.341 e. The van der Waals surface area contributed by atoms with Crippen molar-refractivity contribution in [2.24, 2.45) is 0 Å². The maximum absolute atomic E-state index is 12.1. The zero-order valence-corrected chi connectivity index (χ0v) is 11.2. The number of aromatic nitrogens is 1. The van der Waals surface area contributed by atoms with Crippen molar-refractivity contribution in [1.29, 1.82) is 0 Å². The predicted octanol–water partition coefficient (Wildman–Crippen LogP) is 2.52. The third-order valence-corrected chi connectivity index (χ3v) is 4.00. The molecule has 0 radical (unpaired) electrons. The van der Waals surface area contributed by atoms with Crippen molar-refractivity contribution in [1.82, 2.24) is 9.88 Å². The lowest BCUT2D eigenvalue weighted by Gasteiger charge is -2.06. The molecule has 0 unspecified atom stereocenters. The Morgan fingerprint density at radius 1 is 1.44 bits per heavy atom. The van der Waals surface area contributed by atoms with Gasteiger partial charge in [0.25, 0.3) is 5.91 Å². The Kier molecular flexibility index (Phi) is 3.54. The molecule has 0 aliphatic rings. The van der Waals surface area contributed by atoms with Crippen LogP contribution in [0.1, 0.15) is 20.8 Å². The van der Waals surface area contributed by atoms with E-state index in [4.69, 9.17) is 6.42 Å². The summed E-state index contributed by atoms with van der Waals surface area (Å²) < 4.78 is 1.95. The van der Waals surface area contributed by atoms with Gasteiger partial charge in [0.05, 0.1) is 12.1 Å². The third kappa shape index (κ3) is 2.18. The number of carbonyl (C=O) groups excluding carboxylic acids is 1. The SMILES string of the molecule is C#CCNC(=O)c1c(-n2cccc2)sc(C)c1C. The first-order chi connectivity index (χ1) is 8.65. The van der Waals surface area contributed by atoms with Gasteiger partial charge >= 0.3 is 0 Å². The number of carbonyl (C=O) groups is 1. The average molecular weight is 258 g/mol. The zero-order valence-electron chi connectivity index (χ0n) is 10.4. The van der Waals surface area contributed by atoms with E-state index in [1.54, 1.807) is 11.3 Å².